The fourth-order valence-electron chi connectivity index (χ4n) is 2.09. The molecule has 0 aliphatic heterocycles. The lowest BCUT2D eigenvalue weighted by molar-refractivity contribution is -0.137. The Morgan fingerprint density at radius 3 is 2.44 bits per heavy atom. The number of rotatable bonds is 5. The Morgan fingerprint density at radius 2 is 1.84 bits per heavy atom. The summed E-state index contributed by atoms with van der Waals surface area (Å²) in [5.74, 6) is -0.986. The van der Waals surface area contributed by atoms with Gasteiger partial charge in [0.15, 0.2) is 0 Å². The maximum absolute atomic E-state index is 12.9. The van der Waals surface area contributed by atoms with Gasteiger partial charge in [-0.05, 0) is 35.9 Å². The average Bonchev–Trinajstić information content (AvgIpc) is 2.55. The second kappa shape index (κ2) is 7.97. The molecule has 0 aromatic heterocycles. The number of carbonyl (C=O) groups excluding carboxylic acids is 1. The Hall–Kier alpha value is -1.92. The van der Waals surface area contributed by atoms with Crippen LogP contribution in [0, 0.1) is 0 Å². The first kappa shape index (κ1) is 19.4. The Morgan fingerprint density at radius 1 is 1.12 bits per heavy atom. The van der Waals surface area contributed by atoms with Crippen LogP contribution in [0.15, 0.2) is 36.4 Å². The predicted molar refractivity (Wildman–Crippen MR) is 88.4 cm³/mol. The van der Waals surface area contributed by atoms with Crippen LogP contribution in [0.2, 0.25) is 10.0 Å². The van der Waals surface area contributed by atoms with Gasteiger partial charge < -0.3 is 9.47 Å². The number of esters is 1. The summed E-state index contributed by atoms with van der Waals surface area (Å²) in [4.78, 5) is 11.7. The number of halogens is 5. The van der Waals surface area contributed by atoms with E-state index in [9.17, 15) is 18.0 Å². The van der Waals surface area contributed by atoms with E-state index >= 15 is 0 Å². The van der Waals surface area contributed by atoms with E-state index in [0.29, 0.717) is 16.5 Å². The molecule has 0 saturated heterocycles. The van der Waals surface area contributed by atoms with Gasteiger partial charge in [0.25, 0.3) is 0 Å². The van der Waals surface area contributed by atoms with Crippen LogP contribution in [-0.4, -0.2) is 19.7 Å². The third kappa shape index (κ3) is 5.03. The van der Waals surface area contributed by atoms with Gasteiger partial charge in [0.1, 0.15) is 11.3 Å². The molecule has 2 aromatic carbocycles. The van der Waals surface area contributed by atoms with E-state index in [2.05, 4.69) is 4.74 Å². The standard InChI is InChI=1S/C17H13Cl2F3O3/c1-24-16(23)13-5-3-11(17(20,21)22)8-15(13)25-7-6-10-2-4-12(18)9-14(10)19/h2-5,8-9H,6-7H2,1H3. The summed E-state index contributed by atoms with van der Waals surface area (Å²) in [5, 5.41) is 0.897. The summed E-state index contributed by atoms with van der Waals surface area (Å²) in [5.41, 5.74) is -0.282. The predicted octanol–water partition coefficient (Wildman–Crippen LogP) is 5.42. The van der Waals surface area contributed by atoms with Crippen molar-refractivity contribution in [3.05, 3.63) is 63.1 Å². The Balaban J connectivity index is 2.19. The van der Waals surface area contributed by atoms with Crippen LogP contribution < -0.4 is 4.74 Å². The summed E-state index contributed by atoms with van der Waals surface area (Å²) in [7, 11) is 1.14. The van der Waals surface area contributed by atoms with Crippen molar-refractivity contribution >= 4 is 29.2 Å². The molecule has 2 aromatic rings. The van der Waals surface area contributed by atoms with Crippen molar-refractivity contribution in [2.75, 3.05) is 13.7 Å². The fourth-order valence-corrected chi connectivity index (χ4v) is 2.60. The fraction of sp³-hybridized carbons (Fsp3) is 0.235. The molecular weight excluding hydrogens is 380 g/mol. The molecule has 134 valence electrons. The van der Waals surface area contributed by atoms with Crippen LogP contribution >= 0.6 is 23.2 Å². The second-order valence-corrected chi connectivity index (χ2v) is 5.88. The van der Waals surface area contributed by atoms with E-state index < -0.39 is 17.7 Å². The zero-order chi connectivity index (χ0) is 18.6. The van der Waals surface area contributed by atoms with Gasteiger partial charge in [0, 0.05) is 16.5 Å². The molecule has 0 aliphatic carbocycles. The highest BCUT2D eigenvalue weighted by Crippen LogP contribution is 2.33. The molecule has 0 atom stereocenters. The molecule has 0 saturated carbocycles. The number of hydrogen-bond donors (Lipinski definition) is 0. The van der Waals surface area contributed by atoms with Gasteiger partial charge in [-0.25, -0.2) is 4.79 Å². The average molecular weight is 393 g/mol. The zero-order valence-corrected chi connectivity index (χ0v) is 14.5. The molecular formula is C17H13Cl2F3O3. The van der Waals surface area contributed by atoms with Gasteiger partial charge >= 0.3 is 12.1 Å². The quantitative estimate of drug-likeness (QED) is 0.637. The minimum absolute atomic E-state index is 0.0205. The summed E-state index contributed by atoms with van der Waals surface area (Å²) in [6.07, 6.45) is -4.22. The lowest BCUT2D eigenvalue weighted by atomic mass is 10.1. The molecule has 0 amide bonds. The van der Waals surface area contributed by atoms with Crippen LogP contribution in [0.1, 0.15) is 21.5 Å². The van der Waals surface area contributed by atoms with Crippen LogP contribution in [0.25, 0.3) is 0 Å². The molecule has 0 fully saturated rings. The van der Waals surface area contributed by atoms with Crippen LogP contribution in [-0.2, 0) is 17.3 Å². The van der Waals surface area contributed by atoms with E-state index in [1.807, 2.05) is 0 Å². The summed E-state index contributed by atoms with van der Waals surface area (Å²) in [6.45, 7) is 0.0205. The molecule has 8 heteroatoms. The lowest BCUT2D eigenvalue weighted by Gasteiger charge is -2.14. The van der Waals surface area contributed by atoms with Gasteiger partial charge in [-0.3, -0.25) is 0 Å². The van der Waals surface area contributed by atoms with Crippen molar-refractivity contribution in [2.45, 2.75) is 12.6 Å². The molecule has 3 nitrogen and oxygen atoms in total. The zero-order valence-electron chi connectivity index (χ0n) is 13.0. The lowest BCUT2D eigenvalue weighted by Crippen LogP contribution is -2.11. The van der Waals surface area contributed by atoms with Crippen molar-refractivity contribution in [1.82, 2.24) is 0 Å². The number of alkyl halides is 3. The molecule has 0 radical (unpaired) electrons. The second-order valence-electron chi connectivity index (χ2n) is 5.03. The van der Waals surface area contributed by atoms with Crippen molar-refractivity contribution in [1.29, 1.82) is 0 Å². The van der Waals surface area contributed by atoms with Gasteiger partial charge in [0.2, 0.25) is 0 Å². The molecule has 2 rings (SSSR count). The van der Waals surface area contributed by atoms with Crippen molar-refractivity contribution in [2.24, 2.45) is 0 Å². The largest absolute Gasteiger partial charge is 0.492 e. The number of benzene rings is 2. The minimum atomic E-state index is -4.55. The van der Waals surface area contributed by atoms with Gasteiger partial charge in [-0.1, -0.05) is 29.3 Å². The van der Waals surface area contributed by atoms with Gasteiger partial charge in [-0.15, -0.1) is 0 Å². The van der Waals surface area contributed by atoms with Crippen LogP contribution in [0.5, 0.6) is 5.75 Å². The number of hydrogen-bond acceptors (Lipinski definition) is 3. The van der Waals surface area contributed by atoms with Crippen LogP contribution in [0.3, 0.4) is 0 Å². The number of methoxy groups -OCH3 is 1. The molecule has 0 heterocycles. The van der Waals surface area contributed by atoms with Gasteiger partial charge in [0.05, 0.1) is 19.3 Å². The van der Waals surface area contributed by atoms with E-state index in [1.165, 1.54) is 0 Å². The SMILES string of the molecule is COC(=O)c1ccc(C(F)(F)F)cc1OCCc1ccc(Cl)cc1Cl. The summed E-state index contributed by atoms with van der Waals surface area (Å²) in [6, 6.07) is 7.50. The van der Waals surface area contributed by atoms with E-state index in [-0.39, 0.29) is 17.9 Å². The Kier molecular flexibility index (Phi) is 6.19. The smallest absolute Gasteiger partial charge is 0.416 e. The van der Waals surface area contributed by atoms with E-state index in [4.69, 9.17) is 27.9 Å². The van der Waals surface area contributed by atoms with E-state index in [0.717, 1.165) is 30.9 Å². The molecule has 0 unspecified atom stereocenters. The minimum Gasteiger partial charge on any atom is -0.492 e. The van der Waals surface area contributed by atoms with E-state index in [1.54, 1.807) is 18.2 Å². The third-order valence-electron chi connectivity index (χ3n) is 3.36. The maximum Gasteiger partial charge on any atom is 0.416 e. The van der Waals surface area contributed by atoms with Crippen molar-refractivity contribution in [3.8, 4) is 5.75 Å². The third-order valence-corrected chi connectivity index (χ3v) is 3.95. The Labute approximate surface area is 152 Å². The Bertz CT molecular complexity index is 776. The summed E-state index contributed by atoms with van der Waals surface area (Å²) >= 11 is 11.8. The highest BCUT2D eigenvalue weighted by Gasteiger charge is 2.32. The normalized spacial score (nSPS) is 11.3. The molecule has 0 N–H and O–H groups in total. The van der Waals surface area contributed by atoms with Crippen LogP contribution in [0.4, 0.5) is 13.2 Å². The first-order valence-corrected chi connectivity index (χ1v) is 7.84. The monoisotopic (exact) mass is 392 g/mol. The molecule has 25 heavy (non-hydrogen) atoms. The molecule has 0 spiro atoms. The highest BCUT2D eigenvalue weighted by atomic mass is 35.5. The van der Waals surface area contributed by atoms with Crippen molar-refractivity contribution in [3.63, 3.8) is 0 Å². The maximum atomic E-state index is 12.9. The topological polar surface area (TPSA) is 35.5 Å². The van der Waals surface area contributed by atoms with Gasteiger partial charge in [-0.2, -0.15) is 13.2 Å². The van der Waals surface area contributed by atoms with Crippen molar-refractivity contribution < 1.29 is 27.4 Å². The summed E-state index contributed by atoms with van der Waals surface area (Å²) < 4.78 is 48.5. The molecule has 0 aliphatic rings. The first-order chi connectivity index (χ1) is 11.7. The number of carbonyl (C=O) groups is 1. The highest BCUT2D eigenvalue weighted by molar-refractivity contribution is 6.35. The first-order valence-electron chi connectivity index (χ1n) is 7.08. The molecule has 0 bridgehead atoms. The number of ether oxygens (including phenoxy) is 2.